The lowest BCUT2D eigenvalue weighted by atomic mass is 10.0. The number of carbonyl (C=O) groups is 1. The summed E-state index contributed by atoms with van der Waals surface area (Å²) < 4.78 is 1.94. The minimum atomic E-state index is -0.311. The topological polar surface area (TPSA) is 34.9 Å². The lowest BCUT2D eigenvalue weighted by molar-refractivity contribution is 0.0989. The number of thioether (sulfide) groups is 1. The van der Waals surface area contributed by atoms with Gasteiger partial charge in [-0.3, -0.25) is 4.79 Å². The van der Waals surface area contributed by atoms with Gasteiger partial charge in [-0.25, -0.2) is 4.98 Å². The Labute approximate surface area is 146 Å². The van der Waals surface area contributed by atoms with E-state index >= 15 is 0 Å². The molecule has 0 fully saturated rings. The highest BCUT2D eigenvalue weighted by Crippen LogP contribution is 2.37. The van der Waals surface area contributed by atoms with Crippen LogP contribution in [0, 0.1) is 13.8 Å². The number of ketones is 1. The van der Waals surface area contributed by atoms with Crippen LogP contribution in [0.3, 0.4) is 0 Å². The fourth-order valence-electron chi connectivity index (χ4n) is 2.45. The lowest BCUT2D eigenvalue weighted by Crippen LogP contribution is -2.11. The highest BCUT2D eigenvalue weighted by molar-refractivity contribution is 8.00. The molecule has 0 saturated heterocycles. The van der Waals surface area contributed by atoms with E-state index < -0.39 is 0 Å². The molecule has 0 aliphatic heterocycles. The zero-order valence-corrected chi connectivity index (χ0v) is 14.9. The number of aryl methyl sites for hydroxylation is 3. The first-order valence-electron chi connectivity index (χ1n) is 7.86. The second-order valence-corrected chi connectivity index (χ2v) is 7.03. The van der Waals surface area contributed by atoms with Crippen molar-refractivity contribution < 1.29 is 4.79 Å². The van der Waals surface area contributed by atoms with Gasteiger partial charge in [0.05, 0.1) is 0 Å². The minimum Gasteiger partial charge on any atom is -0.329 e. The third-order valence-corrected chi connectivity index (χ3v) is 5.28. The Hall–Kier alpha value is -2.33. The molecular weight excluding hydrogens is 316 g/mol. The molecule has 122 valence electrons. The molecule has 2 aromatic carbocycles. The molecule has 0 N–H and O–H groups in total. The molecule has 0 bridgehead atoms. The van der Waals surface area contributed by atoms with Gasteiger partial charge in [0.15, 0.2) is 10.9 Å². The van der Waals surface area contributed by atoms with Crippen LogP contribution < -0.4 is 0 Å². The van der Waals surface area contributed by atoms with Crippen LogP contribution in [0.4, 0.5) is 0 Å². The third-order valence-electron chi connectivity index (χ3n) is 3.95. The second-order valence-electron chi connectivity index (χ2n) is 5.96. The van der Waals surface area contributed by atoms with Gasteiger partial charge in [-0.05, 0) is 19.4 Å². The Balaban J connectivity index is 1.97. The number of benzene rings is 2. The lowest BCUT2D eigenvalue weighted by Gasteiger charge is -2.16. The van der Waals surface area contributed by atoms with Gasteiger partial charge >= 0.3 is 0 Å². The molecule has 3 aromatic rings. The Bertz CT molecular complexity index is 835. The number of nitrogens with zero attached hydrogens (tertiary/aromatic N) is 2. The SMILES string of the molecule is Cc1ccc(C(=O)[C@@H](Sc2nccn2C)c2ccc(C)cc2)cc1. The largest absolute Gasteiger partial charge is 0.329 e. The minimum absolute atomic E-state index is 0.104. The van der Waals surface area contributed by atoms with E-state index in [0.29, 0.717) is 0 Å². The summed E-state index contributed by atoms with van der Waals surface area (Å²) in [6.45, 7) is 4.07. The first kappa shape index (κ1) is 16.5. The molecule has 0 radical (unpaired) electrons. The van der Waals surface area contributed by atoms with Crippen molar-refractivity contribution in [1.29, 1.82) is 0 Å². The number of Topliss-reactive ketones (excluding diaryl/α,β-unsaturated/α-hetero) is 1. The summed E-state index contributed by atoms with van der Waals surface area (Å²) in [7, 11) is 1.94. The average Bonchev–Trinajstić information content (AvgIpc) is 2.99. The molecule has 0 saturated carbocycles. The zero-order valence-electron chi connectivity index (χ0n) is 14.1. The maximum Gasteiger partial charge on any atom is 0.180 e. The monoisotopic (exact) mass is 336 g/mol. The van der Waals surface area contributed by atoms with Crippen LogP contribution in [-0.2, 0) is 7.05 Å². The molecule has 1 atom stereocenters. The van der Waals surface area contributed by atoms with Gasteiger partial charge in [-0.2, -0.15) is 0 Å². The molecule has 24 heavy (non-hydrogen) atoms. The first-order valence-corrected chi connectivity index (χ1v) is 8.74. The second kappa shape index (κ2) is 7.05. The van der Waals surface area contributed by atoms with E-state index in [1.165, 1.54) is 17.3 Å². The van der Waals surface area contributed by atoms with E-state index in [1.54, 1.807) is 6.20 Å². The fraction of sp³-hybridized carbons (Fsp3) is 0.200. The standard InChI is InChI=1S/C20H20N2OS/c1-14-4-8-16(9-5-14)18(23)19(17-10-6-15(2)7-11-17)24-20-21-12-13-22(20)3/h4-13,19H,1-3H3/t19-/m0/s1. The van der Waals surface area contributed by atoms with E-state index in [1.807, 2.05) is 80.2 Å². The van der Waals surface area contributed by atoms with Crippen molar-refractivity contribution in [3.63, 3.8) is 0 Å². The summed E-state index contributed by atoms with van der Waals surface area (Å²) >= 11 is 1.49. The number of hydrogen-bond acceptors (Lipinski definition) is 3. The third kappa shape index (κ3) is 3.60. The van der Waals surface area contributed by atoms with Gasteiger partial charge in [0.2, 0.25) is 0 Å². The van der Waals surface area contributed by atoms with Crippen LogP contribution in [-0.4, -0.2) is 15.3 Å². The van der Waals surface area contributed by atoms with Crippen LogP contribution in [0.15, 0.2) is 66.1 Å². The molecule has 1 aromatic heterocycles. The predicted molar refractivity (Wildman–Crippen MR) is 98.5 cm³/mol. The Morgan fingerprint density at radius 2 is 1.58 bits per heavy atom. The van der Waals surface area contributed by atoms with Gasteiger partial charge in [0.25, 0.3) is 0 Å². The molecule has 0 unspecified atom stereocenters. The molecule has 4 heteroatoms. The first-order chi connectivity index (χ1) is 11.5. The van der Waals surface area contributed by atoms with Gasteiger partial charge in [0, 0.05) is 25.0 Å². The summed E-state index contributed by atoms with van der Waals surface area (Å²) in [5.74, 6) is 0.104. The molecule has 0 aliphatic carbocycles. The maximum atomic E-state index is 13.1. The highest BCUT2D eigenvalue weighted by Gasteiger charge is 2.24. The highest BCUT2D eigenvalue weighted by atomic mass is 32.2. The van der Waals surface area contributed by atoms with Crippen LogP contribution in [0.2, 0.25) is 0 Å². The number of hydrogen-bond donors (Lipinski definition) is 0. The summed E-state index contributed by atoms with van der Waals surface area (Å²) in [4.78, 5) is 17.5. The normalized spacial score (nSPS) is 12.1. The number of imidazole rings is 1. The number of carbonyl (C=O) groups excluding carboxylic acids is 1. The molecule has 3 rings (SSSR count). The van der Waals surface area contributed by atoms with Crippen LogP contribution in [0.25, 0.3) is 0 Å². The van der Waals surface area contributed by atoms with Crippen molar-refractivity contribution in [3.8, 4) is 0 Å². The van der Waals surface area contributed by atoms with Crippen molar-refractivity contribution in [2.45, 2.75) is 24.3 Å². The van der Waals surface area contributed by atoms with E-state index in [0.717, 1.165) is 21.8 Å². The van der Waals surface area contributed by atoms with Gasteiger partial charge in [-0.1, -0.05) is 71.4 Å². The van der Waals surface area contributed by atoms with Crippen LogP contribution >= 0.6 is 11.8 Å². The molecule has 3 nitrogen and oxygen atoms in total. The van der Waals surface area contributed by atoms with Crippen molar-refractivity contribution in [2.24, 2.45) is 7.05 Å². The number of rotatable bonds is 5. The summed E-state index contributed by atoms with van der Waals surface area (Å²) in [6, 6.07) is 15.9. The zero-order chi connectivity index (χ0) is 17.1. The van der Waals surface area contributed by atoms with Crippen molar-refractivity contribution in [2.75, 3.05) is 0 Å². The Morgan fingerprint density at radius 3 is 2.12 bits per heavy atom. The van der Waals surface area contributed by atoms with Gasteiger partial charge < -0.3 is 4.57 Å². The van der Waals surface area contributed by atoms with Crippen molar-refractivity contribution >= 4 is 17.5 Å². The van der Waals surface area contributed by atoms with Gasteiger partial charge in [0.1, 0.15) is 5.25 Å². The van der Waals surface area contributed by atoms with E-state index in [2.05, 4.69) is 4.98 Å². The summed E-state index contributed by atoms with van der Waals surface area (Å²) in [5, 5.41) is 0.524. The maximum absolute atomic E-state index is 13.1. The quantitative estimate of drug-likeness (QED) is 0.498. The van der Waals surface area contributed by atoms with Crippen molar-refractivity contribution in [3.05, 3.63) is 83.2 Å². The van der Waals surface area contributed by atoms with E-state index in [9.17, 15) is 4.79 Å². The van der Waals surface area contributed by atoms with E-state index in [-0.39, 0.29) is 11.0 Å². The van der Waals surface area contributed by atoms with Crippen LogP contribution in [0.1, 0.15) is 32.3 Å². The fourth-order valence-corrected chi connectivity index (χ4v) is 3.55. The van der Waals surface area contributed by atoms with E-state index in [4.69, 9.17) is 0 Å². The van der Waals surface area contributed by atoms with Crippen LogP contribution in [0.5, 0.6) is 0 Å². The summed E-state index contributed by atoms with van der Waals surface area (Å²) in [6.07, 6.45) is 3.65. The predicted octanol–water partition coefficient (Wildman–Crippen LogP) is 4.75. The molecule has 1 heterocycles. The number of aromatic nitrogens is 2. The molecule has 0 spiro atoms. The smallest absolute Gasteiger partial charge is 0.180 e. The van der Waals surface area contributed by atoms with Gasteiger partial charge in [-0.15, -0.1) is 0 Å². The molecular formula is C20H20N2OS. The Kier molecular flexibility index (Phi) is 4.86. The summed E-state index contributed by atoms with van der Waals surface area (Å²) in [5.41, 5.74) is 4.06. The average molecular weight is 336 g/mol. The molecule has 0 aliphatic rings. The van der Waals surface area contributed by atoms with Crippen molar-refractivity contribution in [1.82, 2.24) is 9.55 Å². The Morgan fingerprint density at radius 1 is 1.00 bits per heavy atom. The molecule has 0 amide bonds.